The molecule has 0 saturated heterocycles. The summed E-state index contributed by atoms with van der Waals surface area (Å²) in [6, 6.07) is -4.06. The molecule has 0 aliphatic rings. The van der Waals surface area contributed by atoms with Crippen LogP contribution in [0.4, 0.5) is 0 Å². The fourth-order valence-electron chi connectivity index (χ4n) is 1.97. The van der Waals surface area contributed by atoms with Gasteiger partial charge in [-0.05, 0) is 13.8 Å². The summed E-state index contributed by atoms with van der Waals surface area (Å²) in [7, 11) is 0. The van der Waals surface area contributed by atoms with Gasteiger partial charge in [0.25, 0.3) is 0 Å². The first-order valence-electron chi connectivity index (χ1n) is 8.13. The minimum atomic E-state index is -1.22. The minimum Gasteiger partial charge on any atom is -0.480 e. The van der Waals surface area contributed by atoms with Gasteiger partial charge in [0.15, 0.2) is 0 Å². The van der Waals surface area contributed by atoms with Gasteiger partial charge in [0.1, 0.15) is 18.1 Å². The molecule has 4 atom stereocenters. The molecule has 0 aliphatic heterocycles. The fraction of sp³-hybridized carbons (Fsp3) is 0.533. The Bertz CT molecular complexity index is 666. The van der Waals surface area contributed by atoms with Crippen molar-refractivity contribution in [2.24, 2.45) is 5.73 Å². The molecule has 12 heteroatoms. The largest absolute Gasteiger partial charge is 0.480 e. The van der Waals surface area contributed by atoms with Gasteiger partial charge in [-0.25, -0.2) is 4.98 Å². The number of carboxylic acids is 1. The standard InChI is InChI=1S/C15H24N6O5S/c1-7(16)12(22)21-11(5-27)14(24)20-10(3-9-4-17-6-18-9)13(23)19-8(2)15(25)26/h4,6-8,10-11,27H,3,5,16H2,1-2H3,(H,17,18)(H,19,23)(H,20,24)(H,21,22)(H,25,26). The van der Waals surface area contributed by atoms with E-state index in [0.29, 0.717) is 5.69 Å². The Kier molecular flexibility index (Phi) is 8.75. The molecule has 1 heterocycles. The highest BCUT2D eigenvalue weighted by Gasteiger charge is 2.28. The summed E-state index contributed by atoms with van der Waals surface area (Å²) in [4.78, 5) is 54.2. The van der Waals surface area contributed by atoms with Crippen molar-refractivity contribution in [2.75, 3.05) is 5.75 Å². The Morgan fingerprint density at radius 1 is 1.15 bits per heavy atom. The number of nitrogens with two attached hydrogens (primary N) is 1. The number of aromatic amines is 1. The Hall–Kier alpha value is -2.60. The molecule has 1 aromatic heterocycles. The maximum atomic E-state index is 12.5. The van der Waals surface area contributed by atoms with Crippen molar-refractivity contribution >= 4 is 36.3 Å². The SMILES string of the molecule is CC(N)C(=O)NC(CS)C(=O)NC(Cc1cnc[nH]1)C(=O)NC(C)C(=O)O. The molecule has 3 amide bonds. The first kappa shape index (κ1) is 22.4. The van der Waals surface area contributed by atoms with Gasteiger partial charge in [-0.15, -0.1) is 0 Å². The van der Waals surface area contributed by atoms with Crippen LogP contribution >= 0.6 is 12.6 Å². The van der Waals surface area contributed by atoms with Crippen LogP contribution in [0.2, 0.25) is 0 Å². The Morgan fingerprint density at radius 3 is 2.22 bits per heavy atom. The van der Waals surface area contributed by atoms with Crippen LogP contribution in [0.3, 0.4) is 0 Å². The van der Waals surface area contributed by atoms with Crippen molar-refractivity contribution in [3.05, 3.63) is 18.2 Å². The summed E-state index contributed by atoms with van der Waals surface area (Å²) >= 11 is 4.03. The number of nitrogens with zero attached hydrogens (tertiary/aromatic N) is 1. The lowest BCUT2D eigenvalue weighted by molar-refractivity contribution is -0.141. The van der Waals surface area contributed by atoms with Crippen molar-refractivity contribution in [3.63, 3.8) is 0 Å². The van der Waals surface area contributed by atoms with Gasteiger partial charge in [0, 0.05) is 24.1 Å². The molecule has 4 unspecified atom stereocenters. The number of aromatic nitrogens is 2. The number of thiol groups is 1. The van der Waals surface area contributed by atoms with Gasteiger partial charge in [0.2, 0.25) is 17.7 Å². The van der Waals surface area contributed by atoms with E-state index in [1.165, 1.54) is 26.4 Å². The van der Waals surface area contributed by atoms with Gasteiger partial charge in [-0.3, -0.25) is 19.2 Å². The number of carboxylic acid groups (broad SMARTS) is 1. The van der Waals surface area contributed by atoms with Crippen LogP contribution in [0.25, 0.3) is 0 Å². The summed E-state index contributed by atoms with van der Waals surface area (Å²) in [6.45, 7) is 2.76. The maximum absolute atomic E-state index is 12.5. The number of carbonyl (C=O) groups is 4. The average Bonchev–Trinajstić information content (AvgIpc) is 3.11. The molecule has 0 bridgehead atoms. The number of imidazole rings is 1. The Labute approximate surface area is 161 Å². The highest BCUT2D eigenvalue weighted by molar-refractivity contribution is 7.80. The van der Waals surface area contributed by atoms with Gasteiger partial charge < -0.3 is 31.8 Å². The van der Waals surface area contributed by atoms with Gasteiger partial charge in [-0.2, -0.15) is 12.6 Å². The second-order valence-electron chi connectivity index (χ2n) is 5.94. The van der Waals surface area contributed by atoms with E-state index in [4.69, 9.17) is 10.8 Å². The number of amides is 3. The van der Waals surface area contributed by atoms with Crippen molar-refractivity contribution in [1.29, 1.82) is 0 Å². The average molecular weight is 400 g/mol. The van der Waals surface area contributed by atoms with E-state index in [1.54, 1.807) is 0 Å². The topological polar surface area (TPSA) is 179 Å². The molecule has 1 rings (SSSR count). The quantitative estimate of drug-likeness (QED) is 0.217. The van der Waals surface area contributed by atoms with Crippen LogP contribution in [0.1, 0.15) is 19.5 Å². The fourth-order valence-corrected chi connectivity index (χ4v) is 2.23. The smallest absolute Gasteiger partial charge is 0.325 e. The monoisotopic (exact) mass is 400 g/mol. The van der Waals surface area contributed by atoms with Crippen molar-refractivity contribution in [1.82, 2.24) is 25.9 Å². The van der Waals surface area contributed by atoms with E-state index in [0.717, 1.165) is 0 Å². The number of aliphatic carboxylic acids is 1. The van der Waals surface area contributed by atoms with E-state index < -0.39 is 47.9 Å². The zero-order valence-electron chi connectivity index (χ0n) is 14.9. The van der Waals surface area contributed by atoms with Crippen LogP contribution in [0.5, 0.6) is 0 Å². The second-order valence-corrected chi connectivity index (χ2v) is 6.31. The number of H-pyrrole nitrogens is 1. The molecule has 0 spiro atoms. The third-order valence-electron chi connectivity index (χ3n) is 3.57. The molecule has 27 heavy (non-hydrogen) atoms. The van der Waals surface area contributed by atoms with Crippen LogP contribution < -0.4 is 21.7 Å². The highest BCUT2D eigenvalue weighted by atomic mass is 32.1. The number of hydrogen-bond donors (Lipinski definition) is 7. The molecule has 11 nitrogen and oxygen atoms in total. The molecule has 0 aliphatic carbocycles. The van der Waals surface area contributed by atoms with E-state index in [-0.39, 0.29) is 12.2 Å². The summed E-state index contributed by atoms with van der Waals surface area (Å²) in [6.07, 6.45) is 2.93. The molecule has 1 aromatic rings. The molecular weight excluding hydrogens is 376 g/mol. The van der Waals surface area contributed by atoms with E-state index in [1.807, 2.05) is 0 Å². The molecule has 0 aromatic carbocycles. The normalized spacial score (nSPS) is 15.1. The molecule has 7 N–H and O–H groups in total. The number of nitrogens with one attached hydrogen (secondary N) is 4. The second kappa shape index (κ2) is 10.5. The highest BCUT2D eigenvalue weighted by Crippen LogP contribution is 2.02. The zero-order chi connectivity index (χ0) is 20.6. The third kappa shape index (κ3) is 7.27. The Balaban J connectivity index is 2.87. The summed E-state index contributed by atoms with van der Waals surface area (Å²) in [5.41, 5.74) is 6.02. The van der Waals surface area contributed by atoms with E-state index >= 15 is 0 Å². The van der Waals surface area contributed by atoms with Crippen molar-refractivity contribution in [2.45, 2.75) is 44.4 Å². The van der Waals surface area contributed by atoms with Crippen LogP contribution in [-0.2, 0) is 25.6 Å². The predicted molar refractivity (Wildman–Crippen MR) is 98.9 cm³/mol. The molecular formula is C15H24N6O5S. The summed E-state index contributed by atoms with van der Waals surface area (Å²) in [5.74, 6) is -3.12. The van der Waals surface area contributed by atoms with Crippen molar-refractivity contribution in [3.8, 4) is 0 Å². The first-order chi connectivity index (χ1) is 12.6. The summed E-state index contributed by atoms with van der Waals surface area (Å²) < 4.78 is 0. The lowest BCUT2D eigenvalue weighted by atomic mass is 10.1. The van der Waals surface area contributed by atoms with Crippen LogP contribution in [0.15, 0.2) is 12.5 Å². The van der Waals surface area contributed by atoms with Gasteiger partial charge in [-0.1, -0.05) is 0 Å². The lowest BCUT2D eigenvalue weighted by Gasteiger charge is -2.23. The van der Waals surface area contributed by atoms with Crippen molar-refractivity contribution < 1.29 is 24.3 Å². The molecule has 0 fully saturated rings. The van der Waals surface area contributed by atoms with Crippen LogP contribution in [-0.4, -0.2) is 68.7 Å². The van der Waals surface area contributed by atoms with Gasteiger partial charge in [0.05, 0.1) is 12.4 Å². The van der Waals surface area contributed by atoms with Gasteiger partial charge >= 0.3 is 5.97 Å². The number of carbonyl (C=O) groups excluding carboxylic acids is 3. The van der Waals surface area contributed by atoms with Crippen LogP contribution in [0, 0.1) is 0 Å². The zero-order valence-corrected chi connectivity index (χ0v) is 15.8. The van der Waals surface area contributed by atoms with E-state index in [2.05, 4.69) is 38.5 Å². The molecule has 150 valence electrons. The predicted octanol–water partition coefficient (Wildman–Crippen LogP) is -2.21. The molecule has 0 saturated carbocycles. The van der Waals surface area contributed by atoms with E-state index in [9.17, 15) is 19.2 Å². The number of hydrogen-bond acceptors (Lipinski definition) is 7. The third-order valence-corrected chi connectivity index (χ3v) is 3.94. The first-order valence-corrected chi connectivity index (χ1v) is 8.76. The minimum absolute atomic E-state index is 0.0196. The number of rotatable bonds is 10. The maximum Gasteiger partial charge on any atom is 0.325 e. The summed E-state index contributed by atoms with van der Waals surface area (Å²) in [5, 5.41) is 16.2. The Morgan fingerprint density at radius 2 is 1.74 bits per heavy atom. The molecule has 0 radical (unpaired) electrons. The lowest BCUT2D eigenvalue weighted by Crippen LogP contribution is -2.57.